The monoisotopic (exact) mass is 188 g/mol. The van der Waals surface area contributed by atoms with E-state index in [4.69, 9.17) is 5.53 Å². The molecule has 0 spiro atoms. The van der Waals surface area contributed by atoms with E-state index in [-0.39, 0.29) is 11.6 Å². The Morgan fingerprint density at radius 3 is 2.86 bits per heavy atom. The van der Waals surface area contributed by atoms with Crippen LogP contribution in [-0.4, -0.2) is 5.54 Å². The molecule has 4 nitrogen and oxygen atoms in total. The van der Waals surface area contributed by atoms with Gasteiger partial charge in [-0.25, -0.2) is 0 Å². The second kappa shape index (κ2) is 2.93. The highest BCUT2D eigenvalue weighted by molar-refractivity contribution is 5.60. The topological polar surface area (TPSA) is 60.8 Å². The highest BCUT2D eigenvalue weighted by atomic mass is 15.2. The lowest BCUT2D eigenvalue weighted by atomic mass is 9.94. The molecule has 1 aliphatic rings. The molecule has 0 aromatic heterocycles. The van der Waals surface area contributed by atoms with Crippen LogP contribution in [0.5, 0.6) is 0 Å². The van der Waals surface area contributed by atoms with E-state index in [1.807, 2.05) is 38.1 Å². The summed E-state index contributed by atoms with van der Waals surface area (Å²) in [5.74, 6) is 0. The van der Waals surface area contributed by atoms with Crippen molar-refractivity contribution in [1.82, 2.24) is 0 Å². The lowest BCUT2D eigenvalue weighted by molar-refractivity contribution is 0.484. The highest BCUT2D eigenvalue weighted by Gasteiger charge is 2.37. The molecule has 1 atom stereocenters. The van der Waals surface area contributed by atoms with E-state index >= 15 is 0 Å². The minimum absolute atomic E-state index is 0.122. The Kier molecular flexibility index (Phi) is 1.86. The molecule has 0 saturated carbocycles. The van der Waals surface area contributed by atoms with E-state index in [1.54, 1.807) is 0 Å². The highest BCUT2D eigenvalue weighted by Crippen LogP contribution is 2.42. The van der Waals surface area contributed by atoms with Crippen molar-refractivity contribution in [3.05, 3.63) is 40.3 Å². The normalized spacial score (nSPS) is 22.0. The lowest BCUT2D eigenvalue weighted by Crippen LogP contribution is -2.30. The number of nitrogens with one attached hydrogen (secondary N) is 1. The number of para-hydroxylation sites is 1. The third kappa shape index (κ3) is 1.20. The summed E-state index contributed by atoms with van der Waals surface area (Å²) in [6.45, 7) is 4.07. The summed E-state index contributed by atoms with van der Waals surface area (Å²) >= 11 is 0. The van der Waals surface area contributed by atoms with E-state index < -0.39 is 0 Å². The van der Waals surface area contributed by atoms with Gasteiger partial charge < -0.3 is 5.32 Å². The number of rotatable bonds is 1. The maximum absolute atomic E-state index is 8.52. The number of fused-ring (bicyclic) bond motifs is 1. The summed E-state index contributed by atoms with van der Waals surface area (Å²) in [5.41, 5.74) is 10.5. The van der Waals surface area contributed by atoms with Crippen molar-refractivity contribution in [2.75, 3.05) is 5.32 Å². The first-order valence-electron chi connectivity index (χ1n) is 4.56. The Hall–Kier alpha value is -1.67. The second-order valence-electron chi connectivity index (χ2n) is 4.04. The quantitative estimate of drug-likeness (QED) is 0.410. The molecule has 1 unspecified atom stereocenters. The van der Waals surface area contributed by atoms with E-state index in [0.717, 1.165) is 11.3 Å². The van der Waals surface area contributed by atoms with Crippen LogP contribution in [0, 0.1) is 0 Å². The van der Waals surface area contributed by atoms with Gasteiger partial charge in [-0.3, -0.25) is 0 Å². The van der Waals surface area contributed by atoms with Gasteiger partial charge in [-0.1, -0.05) is 23.3 Å². The standard InChI is InChI=1S/C10H12N4/c1-10(2)9(13-14-11)7-5-3-4-6-8(7)12-10/h3-6,9,12H,1-2H3. The zero-order chi connectivity index (χ0) is 10.2. The van der Waals surface area contributed by atoms with Crippen LogP contribution in [0.2, 0.25) is 0 Å². The summed E-state index contributed by atoms with van der Waals surface area (Å²) in [5, 5.41) is 7.18. The van der Waals surface area contributed by atoms with Crippen LogP contribution in [-0.2, 0) is 0 Å². The third-order valence-corrected chi connectivity index (χ3v) is 2.56. The van der Waals surface area contributed by atoms with E-state index in [1.165, 1.54) is 0 Å². The first-order valence-corrected chi connectivity index (χ1v) is 4.56. The zero-order valence-corrected chi connectivity index (χ0v) is 8.23. The van der Waals surface area contributed by atoms with Crippen LogP contribution in [0.25, 0.3) is 10.4 Å². The van der Waals surface area contributed by atoms with Crippen molar-refractivity contribution in [3.8, 4) is 0 Å². The van der Waals surface area contributed by atoms with Crippen LogP contribution in [0.3, 0.4) is 0 Å². The fourth-order valence-corrected chi connectivity index (χ4v) is 1.91. The lowest BCUT2D eigenvalue weighted by Gasteiger charge is -2.24. The smallest absolute Gasteiger partial charge is 0.0869 e. The number of nitrogens with zero attached hydrogens (tertiary/aromatic N) is 3. The number of benzene rings is 1. The molecule has 0 saturated heterocycles. The molecule has 1 aromatic carbocycles. The van der Waals surface area contributed by atoms with Gasteiger partial charge in [0, 0.05) is 16.1 Å². The van der Waals surface area contributed by atoms with Crippen molar-refractivity contribution in [1.29, 1.82) is 0 Å². The fraction of sp³-hybridized carbons (Fsp3) is 0.400. The van der Waals surface area contributed by atoms with E-state index in [0.29, 0.717) is 0 Å². The number of hydrogen-bond donors (Lipinski definition) is 1. The van der Waals surface area contributed by atoms with Gasteiger partial charge in [0.1, 0.15) is 0 Å². The molecule has 1 N–H and O–H groups in total. The molecule has 72 valence electrons. The SMILES string of the molecule is CC1(C)Nc2ccccc2C1N=[N+]=[N-]. The molecular weight excluding hydrogens is 176 g/mol. The van der Waals surface area contributed by atoms with Gasteiger partial charge >= 0.3 is 0 Å². The molecule has 1 aromatic rings. The van der Waals surface area contributed by atoms with Crippen molar-refractivity contribution in [2.45, 2.75) is 25.4 Å². The minimum atomic E-state index is -0.198. The van der Waals surface area contributed by atoms with Gasteiger partial charge in [0.25, 0.3) is 0 Å². The van der Waals surface area contributed by atoms with Gasteiger partial charge in [0.2, 0.25) is 0 Å². The van der Waals surface area contributed by atoms with Crippen LogP contribution >= 0.6 is 0 Å². The predicted molar refractivity (Wildman–Crippen MR) is 56.0 cm³/mol. The van der Waals surface area contributed by atoms with Gasteiger partial charge in [0.15, 0.2) is 0 Å². The second-order valence-corrected chi connectivity index (χ2v) is 4.04. The van der Waals surface area contributed by atoms with E-state index in [9.17, 15) is 0 Å². The molecule has 14 heavy (non-hydrogen) atoms. The number of azide groups is 1. The van der Waals surface area contributed by atoms with Crippen molar-refractivity contribution in [2.24, 2.45) is 5.11 Å². The molecule has 1 aliphatic heterocycles. The third-order valence-electron chi connectivity index (χ3n) is 2.56. The van der Waals surface area contributed by atoms with Crippen molar-refractivity contribution >= 4 is 5.69 Å². The Morgan fingerprint density at radius 1 is 1.43 bits per heavy atom. The van der Waals surface area contributed by atoms with Crippen LogP contribution in [0.4, 0.5) is 5.69 Å². The average Bonchev–Trinajstić information content (AvgIpc) is 2.39. The minimum Gasteiger partial charge on any atom is -0.379 e. The number of anilines is 1. The van der Waals surface area contributed by atoms with Crippen LogP contribution in [0.1, 0.15) is 25.5 Å². The largest absolute Gasteiger partial charge is 0.379 e. The Labute approximate surface area is 82.6 Å². The Morgan fingerprint density at radius 2 is 2.14 bits per heavy atom. The van der Waals surface area contributed by atoms with Gasteiger partial charge in [-0.2, -0.15) is 0 Å². The maximum atomic E-state index is 8.52. The molecule has 4 heteroatoms. The van der Waals surface area contributed by atoms with Crippen LogP contribution in [0.15, 0.2) is 29.4 Å². The molecule has 1 heterocycles. The van der Waals surface area contributed by atoms with Gasteiger partial charge in [-0.15, -0.1) is 0 Å². The number of hydrogen-bond acceptors (Lipinski definition) is 2. The maximum Gasteiger partial charge on any atom is 0.0869 e. The summed E-state index contributed by atoms with van der Waals surface area (Å²) in [4.78, 5) is 2.90. The zero-order valence-electron chi connectivity index (χ0n) is 8.23. The molecule has 0 radical (unpaired) electrons. The summed E-state index contributed by atoms with van der Waals surface area (Å²) in [6, 6.07) is 7.81. The van der Waals surface area contributed by atoms with E-state index in [2.05, 4.69) is 15.3 Å². The Balaban J connectivity index is 2.53. The first kappa shape index (κ1) is 8.91. The van der Waals surface area contributed by atoms with Crippen molar-refractivity contribution in [3.63, 3.8) is 0 Å². The summed E-state index contributed by atoms with van der Waals surface area (Å²) < 4.78 is 0. The van der Waals surface area contributed by atoms with Gasteiger partial charge in [-0.05, 0) is 31.0 Å². The first-order chi connectivity index (χ1) is 6.65. The van der Waals surface area contributed by atoms with Crippen molar-refractivity contribution < 1.29 is 0 Å². The Bertz CT molecular complexity index is 404. The summed E-state index contributed by atoms with van der Waals surface area (Å²) in [6.07, 6.45) is 0. The average molecular weight is 188 g/mol. The molecule has 0 aliphatic carbocycles. The molecule has 0 amide bonds. The van der Waals surface area contributed by atoms with Gasteiger partial charge in [0.05, 0.1) is 6.04 Å². The molecular formula is C10H12N4. The fourth-order valence-electron chi connectivity index (χ4n) is 1.91. The molecule has 2 rings (SSSR count). The molecule has 0 fully saturated rings. The summed E-state index contributed by atoms with van der Waals surface area (Å²) in [7, 11) is 0. The predicted octanol–water partition coefficient (Wildman–Crippen LogP) is 3.24. The molecule has 0 bridgehead atoms. The van der Waals surface area contributed by atoms with Crippen LogP contribution < -0.4 is 5.32 Å².